The van der Waals surface area contributed by atoms with E-state index in [0.29, 0.717) is 0 Å². The van der Waals surface area contributed by atoms with Gasteiger partial charge >= 0.3 is 0 Å². The van der Waals surface area contributed by atoms with Gasteiger partial charge in [-0.3, -0.25) is 9.58 Å². The van der Waals surface area contributed by atoms with Gasteiger partial charge < -0.3 is 9.26 Å². The highest BCUT2D eigenvalue weighted by Gasteiger charge is 2.27. The molecular weight excluding hydrogens is 364 g/mol. The quantitative estimate of drug-likeness (QED) is 0.589. The smallest absolute Gasteiger partial charge is 0.154 e. The van der Waals surface area contributed by atoms with Gasteiger partial charge in [0.25, 0.3) is 0 Å². The van der Waals surface area contributed by atoms with Crippen LogP contribution in [0.4, 0.5) is 0 Å². The van der Waals surface area contributed by atoms with Crippen LogP contribution in [0.3, 0.4) is 0 Å². The lowest BCUT2D eigenvalue weighted by Gasteiger charge is -2.27. The number of nitrogens with zero attached hydrogens (tertiary/aromatic N) is 4. The second-order valence-electron chi connectivity index (χ2n) is 7.75. The largest absolute Gasteiger partial charge is 0.497 e. The number of hydrogen-bond acceptors (Lipinski definition) is 5. The van der Waals surface area contributed by atoms with E-state index in [9.17, 15) is 0 Å². The topological polar surface area (TPSA) is 56.3 Å². The van der Waals surface area contributed by atoms with Gasteiger partial charge in [0.05, 0.1) is 19.3 Å². The van der Waals surface area contributed by atoms with E-state index in [1.807, 2.05) is 30.5 Å². The highest BCUT2D eigenvalue weighted by atomic mass is 16.5. The van der Waals surface area contributed by atoms with Gasteiger partial charge in [-0.15, -0.1) is 0 Å². The number of hydrogen-bond donors (Lipinski definition) is 0. The minimum Gasteiger partial charge on any atom is -0.497 e. The van der Waals surface area contributed by atoms with Crippen molar-refractivity contribution < 1.29 is 9.26 Å². The lowest BCUT2D eigenvalue weighted by molar-refractivity contribution is 0.160. The molecule has 0 spiro atoms. The van der Waals surface area contributed by atoms with E-state index in [4.69, 9.17) is 9.26 Å². The highest BCUT2D eigenvalue weighted by Crippen LogP contribution is 2.34. The van der Waals surface area contributed by atoms with Crippen molar-refractivity contribution in [2.24, 2.45) is 0 Å². The molecule has 0 amide bonds. The van der Waals surface area contributed by atoms with Crippen molar-refractivity contribution in [1.29, 1.82) is 0 Å². The standard InChI is InChI=1S/C23H30N4O2/c1-4-27-17(2)19(15-24-27)16-26-13-7-5-6-8-22(26)23-14-21(25-29-23)18-9-11-20(28-3)12-10-18/h9-12,14-15,22H,4-8,13,16H2,1-3H3/t22-/m0/s1. The van der Waals surface area contributed by atoms with Gasteiger partial charge in [-0.1, -0.05) is 18.0 Å². The molecule has 2 aromatic heterocycles. The molecule has 1 atom stereocenters. The van der Waals surface area contributed by atoms with Crippen molar-refractivity contribution in [3.8, 4) is 17.0 Å². The Hall–Kier alpha value is -2.60. The summed E-state index contributed by atoms with van der Waals surface area (Å²) >= 11 is 0. The van der Waals surface area contributed by atoms with E-state index in [1.165, 1.54) is 30.5 Å². The van der Waals surface area contributed by atoms with E-state index in [1.54, 1.807) is 7.11 Å². The van der Waals surface area contributed by atoms with Crippen LogP contribution in [0.1, 0.15) is 55.7 Å². The molecule has 0 N–H and O–H groups in total. The van der Waals surface area contributed by atoms with Crippen LogP contribution in [-0.4, -0.2) is 33.5 Å². The summed E-state index contributed by atoms with van der Waals surface area (Å²) < 4.78 is 13.2. The maximum atomic E-state index is 5.85. The zero-order valence-corrected chi connectivity index (χ0v) is 17.6. The third kappa shape index (κ3) is 4.22. The summed E-state index contributed by atoms with van der Waals surface area (Å²) in [6.45, 7) is 7.17. The summed E-state index contributed by atoms with van der Waals surface area (Å²) in [6.07, 6.45) is 6.81. The molecule has 0 bridgehead atoms. The molecule has 0 saturated carbocycles. The molecule has 0 radical (unpaired) electrons. The molecule has 4 rings (SSSR count). The molecule has 3 heterocycles. The Morgan fingerprint density at radius 2 is 2.00 bits per heavy atom. The van der Waals surface area contributed by atoms with Gasteiger partial charge in [0.1, 0.15) is 11.4 Å². The number of ether oxygens (including phenoxy) is 1. The Morgan fingerprint density at radius 1 is 1.17 bits per heavy atom. The Balaban J connectivity index is 1.57. The van der Waals surface area contributed by atoms with Gasteiger partial charge in [0.15, 0.2) is 5.76 Å². The monoisotopic (exact) mass is 394 g/mol. The van der Waals surface area contributed by atoms with Crippen molar-refractivity contribution in [1.82, 2.24) is 19.8 Å². The average Bonchev–Trinajstić information content (AvgIpc) is 3.30. The van der Waals surface area contributed by atoms with Crippen molar-refractivity contribution in [2.45, 2.75) is 58.7 Å². The second kappa shape index (κ2) is 8.82. The first-order valence-electron chi connectivity index (χ1n) is 10.6. The molecule has 1 aliphatic heterocycles. The molecular formula is C23H30N4O2. The highest BCUT2D eigenvalue weighted by molar-refractivity contribution is 5.60. The number of rotatable bonds is 6. The predicted octanol–water partition coefficient (Wildman–Crippen LogP) is 4.99. The van der Waals surface area contributed by atoms with Gasteiger partial charge in [-0.25, -0.2) is 0 Å². The summed E-state index contributed by atoms with van der Waals surface area (Å²) in [4.78, 5) is 2.54. The number of likely N-dealkylation sites (tertiary alicyclic amines) is 1. The van der Waals surface area contributed by atoms with Gasteiger partial charge in [-0.2, -0.15) is 5.10 Å². The third-order valence-corrected chi connectivity index (χ3v) is 5.98. The van der Waals surface area contributed by atoms with Crippen molar-refractivity contribution in [3.05, 3.63) is 53.5 Å². The van der Waals surface area contributed by atoms with Gasteiger partial charge in [0, 0.05) is 36.0 Å². The summed E-state index contributed by atoms with van der Waals surface area (Å²) in [5, 5.41) is 8.89. The van der Waals surface area contributed by atoms with Crippen molar-refractivity contribution in [3.63, 3.8) is 0 Å². The normalized spacial score (nSPS) is 18.0. The lowest BCUT2D eigenvalue weighted by atomic mass is 10.0. The number of aryl methyl sites for hydroxylation is 1. The zero-order chi connectivity index (χ0) is 20.2. The maximum absolute atomic E-state index is 5.85. The Kier molecular flexibility index (Phi) is 6.00. The fourth-order valence-electron chi connectivity index (χ4n) is 4.20. The molecule has 6 nitrogen and oxygen atoms in total. The minimum atomic E-state index is 0.251. The van der Waals surface area contributed by atoms with E-state index in [0.717, 1.165) is 48.8 Å². The molecule has 0 aliphatic carbocycles. The Morgan fingerprint density at radius 3 is 2.72 bits per heavy atom. The first-order valence-corrected chi connectivity index (χ1v) is 10.6. The molecule has 29 heavy (non-hydrogen) atoms. The predicted molar refractivity (Wildman–Crippen MR) is 113 cm³/mol. The van der Waals surface area contributed by atoms with Crippen LogP contribution in [0, 0.1) is 6.92 Å². The molecule has 154 valence electrons. The summed E-state index contributed by atoms with van der Waals surface area (Å²) in [5.41, 5.74) is 4.48. The molecule has 1 saturated heterocycles. The van der Waals surface area contributed by atoms with Crippen LogP contribution in [0.2, 0.25) is 0 Å². The molecule has 1 fully saturated rings. The Bertz CT molecular complexity index is 929. The van der Waals surface area contributed by atoms with E-state index in [2.05, 4.69) is 39.8 Å². The lowest BCUT2D eigenvalue weighted by Crippen LogP contribution is -2.28. The Labute approximate surface area is 172 Å². The average molecular weight is 395 g/mol. The molecule has 1 aliphatic rings. The number of benzene rings is 1. The van der Waals surface area contributed by atoms with Crippen LogP contribution >= 0.6 is 0 Å². The fraction of sp³-hybridized carbons (Fsp3) is 0.478. The van der Waals surface area contributed by atoms with Crippen LogP contribution < -0.4 is 4.74 Å². The van der Waals surface area contributed by atoms with E-state index >= 15 is 0 Å². The van der Waals surface area contributed by atoms with Gasteiger partial charge in [0.2, 0.25) is 0 Å². The van der Waals surface area contributed by atoms with E-state index in [-0.39, 0.29) is 6.04 Å². The molecule has 1 aromatic carbocycles. The SMILES string of the molecule is CCn1ncc(CN2CCCCC[C@H]2c2cc(-c3ccc(OC)cc3)no2)c1C. The maximum Gasteiger partial charge on any atom is 0.154 e. The van der Waals surface area contributed by atoms with Gasteiger partial charge in [-0.05, 0) is 57.5 Å². The third-order valence-electron chi connectivity index (χ3n) is 5.98. The van der Waals surface area contributed by atoms with Crippen molar-refractivity contribution >= 4 is 0 Å². The van der Waals surface area contributed by atoms with Crippen LogP contribution in [0.5, 0.6) is 5.75 Å². The number of methoxy groups -OCH3 is 1. The van der Waals surface area contributed by atoms with Crippen LogP contribution in [0.15, 0.2) is 41.1 Å². The van der Waals surface area contributed by atoms with Crippen molar-refractivity contribution in [2.75, 3.05) is 13.7 Å². The van der Waals surface area contributed by atoms with Crippen LogP contribution in [0.25, 0.3) is 11.3 Å². The summed E-state index contributed by atoms with van der Waals surface area (Å²) in [7, 11) is 1.68. The molecule has 3 aromatic rings. The molecule has 6 heteroatoms. The number of aromatic nitrogens is 3. The summed E-state index contributed by atoms with van der Waals surface area (Å²) in [5.74, 6) is 1.80. The fourth-order valence-corrected chi connectivity index (χ4v) is 4.20. The molecule has 0 unspecified atom stereocenters. The van der Waals surface area contributed by atoms with Crippen LogP contribution in [-0.2, 0) is 13.1 Å². The zero-order valence-electron chi connectivity index (χ0n) is 17.6. The van der Waals surface area contributed by atoms with E-state index < -0.39 is 0 Å². The summed E-state index contributed by atoms with van der Waals surface area (Å²) in [6, 6.07) is 10.3. The minimum absolute atomic E-state index is 0.251. The first-order chi connectivity index (χ1) is 14.2. The second-order valence-corrected chi connectivity index (χ2v) is 7.75. The first kappa shape index (κ1) is 19.7.